The lowest BCUT2D eigenvalue weighted by atomic mass is 10.2. The Morgan fingerprint density at radius 1 is 1.32 bits per heavy atom. The Balaban J connectivity index is 1.37. The molecule has 0 saturated carbocycles. The molecule has 1 fully saturated rings. The fraction of sp³-hybridized carbons (Fsp3) is 0.500. The highest BCUT2D eigenvalue weighted by molar-refractivity contribution is 5.92. The van der Waals surface area contributed by atoms with Gasteiger partial charge < -0.3 is 30.0 Å². The lowest BCUT2D eigenvalue weighted by Crippen LogP contribution is -2.24. The summed E-state index contributed by atoms with van der Waals surface area (Å²) >= 11 is 0. The van der Waals surface area contributed by atoms with Gasteiger partial charge in [0.2, 0.25) is 0 Å². The van der Waals surface area contributed by atoms with Gasteiger partial charge >= 0.3 is 0 Å². The van der Waals surface area contributed by atoms with Crippen molar-refractivity contribution in [3.63, 3.8) is 0 Å². The molecular weight excluding hydrogens is 364 g/mol. The molecule has 0 aliphatic carbocycles. The zero-order chi connectivity index (χ0) is 19.3. The van der Waals surface area contributed by atoms with Crippen LogP contribution in [0.5, 0.6) is 11.5 Å². The summed E-state index contributed by atoms with van der Waals surface area (Å²) in [6, 6.07) is 5.60. The van der Waals surface area contributed by atoms with E-state index in [-0.39, 0.29) is 18.1 Å². The number of aromatic nitrogens is 3. The number of aliphatic imine (C=N–C) groups is 1. The van der Waals surface area contributed by atoms with E-state index in [0.29, 0.717) is 44.4 Å². The van der Waals surface area contributed by atoms with Crippen molar-refractivity contribution in [1.29, 1.82) is 0 Å². The van der Waals surface area contributed by atoms with Crippen molar-refractivity contribution in [1.82, 2.24) is 15.0 Å². The van der Waals surface area contributed by atoms with Gasteiger partial charge in [0.15, 0.2) is 17.5 Å². The molecule has 28 heavy (non-hydrogen) atoms. The number of methoxy groups -OCH3 is 1. The van der Waals surface area contributed by atoms with Crippen LogP contribution >= 0.6 is 0 Å². The summed E-state index contributed by atoms with van der Waals surface area (Å²) < 4.78 is 23.9. The first-order valence-electron chi connectivity index (χ1n) is 9.21. The summed E-state index contributed by atoms with van der Waals surface area (Å²) in [6.07, 6.45) is 2.68. The lowest BCUT2D eigenvalue weighted by molar-refractivity contribution is 0.0661. The van der Waals surface area contributed by atoms with E-state index in [1.807, 2.05) is 24.4 Å². The number of rotatable bonds is 5. The zero-order valence-corrected chi connectivity index (χ0v) is 15.7. The number of hydrogen-bond donors (Lipinski definition) is 2. The molecule has 0 bridgehead atoms. The Hall–Kier alpha value is -2.85. The second-order valence-electron chi connectivity index (χ2n) is 6.61. The minimum atomic E-state index is -0.0239. The Kier molecular flexibility index (Phi) is 5.58. The highest BCUT2D eigenvalue weighted by Gasteiger charge is 2.30. The molecule has 0 unspecified atom stereocenters. The lowest BCUT2D eigenvalue weighted by Gasteiger charge is -2.15. The van der Waals surface area contributed by atoms with Crippen molar-refractivity contribution in [2.75, 3.05) is 38.9 Å². The minimum Gasteiger partial charge on any atom is -0.490 e. The second kappa shape index (κ2) is 8.44. The first-order valence-corrected chi connectivity index (χ1v) is 9.21. The maximum absolute atomic E-state index is 6.00. The van der Waals surface area contributed by atoms with Gasteiger partial charge in [-0.05, 0) is 12.1 Å². The van der Waals surface area contributed by atoms with E-state index in [1.165, 1.54) is 0 Å². The average Bonchev–Trinajstić information content (AvgIpc) is 3.30. The highest BCUT2D eigenvalue weighted by Crippen LogP contribution is 2.32. The van der Waals surface area contributed by atoms with Gasteiger partial charge in [0, 0.05) is 25.3 Å². The average molecular weight is 388 g/mol. The summed E-state index contributed by atoms with van der Waals surface area (Å²) in [5, 5.41) is 11.4. The number of nitrogens with zero attached hydrogens (tertiary/aromatic N) is 4. The van der Waals surface area contributed by atoms with E-state index in [2.05, 4.69) is 20.6 Å². The smallest absolute Gasteiger partial charge is 0.193 e. The normalized spacial score (nSPS) is 22.1. The van der Waals surface area contributed by atoms with Crippen LogP contribution in [-0.2, 0) is 16.0 Å². The molecule has 0 amide bonds. The minimum absolute atomic E-state index is 0.0208. The van der Waals surface area contributed by atoms with Crippen LogP contribution in [0.15, 0.2) is 29.4 Å². The van der Waals surface area contributed by atoms with E-state index in [0.717, 1.165) is 17.9 Å². The van der Waals surface area contributed by atoms with E-state index in [4.69, 9.17) is 24.7 Å². The summed E-state index contributed by atoms with van der Waals surface area (Å²) in [4.78, 5) is 4.33. The van der Waals surface area contributed by atoms with Crippen molar-refractivity contribution in [3.8, 4) is 11.5 Å². The zero-order valence-electron chi connectivity index (χ0n) is 15.7. The molecular formula is C18H24N6O4. The van der Waals surface area contributed by atoms with Crippen LogP contribution in [0.2, 0.25) is 0 Å². The molecule has 1 saturated heterocycles. The summed E-state index contributed by atoms with van der Waals surface area (Å²) in [5.41, 5.74) is 7.50. The maximum Gasteiger partial charge on any atom is 0.193 e. The van der Waals surface area contributed by atoms with E-state index in [1.54, 1.807) is 11.8 Å². The topological polar surface area (TPSA) is 118 Å². The monoisotopic (exact) mass is 388 g/mol. The van der Waals surface area contributed by atoms with Gasteiger partial charge in [0.05, 0.1) is 39.2 Å². The van der Waals surface area contributed by atoms with Gasteiger partial charge in [-0.15, -0.1) is 5.10 Å². The SMILES string of the molecule is CO[C@@H]1COC[C@H]1n1cc(CN=C(N)Nc2ccc3c(c2)OCCCO3)nn1. The first kappa shape index (κ1) is 18.5. The van der Waals surface area contributed by atoms with Crippen LogP contribution in [0.4, 0.5) is 5.69 Å². The number of nitrogens with two attached hydrogens (primary N) is 1. The van der Waals surface area contributed by atoms with Crippen molar-refractivity contribution in [2.45, 2.75) is 25.1 Å². The molecule has 1 aromatic heterocycles. The van der Waals surface area contributed by atoms with Crippen LogP contribution in [0.3, 0.4) is 0 Å². The van der Waals surface area contributed by atoms with Crippen LogP contribution in [-0.4, -0.2) is 60.6 Å². The second-order valence-corrected chi connectivity index (χ2v) is 6.61. The van der Waals surface area contributed by atoms with Gasteiger partial charge in [0.1, 0.15) is 17.8 Å². The Morgan fingerprint density at radius 2 is 2.18 bits per heavy atom. The molecule has 1 aromatic carbocycles. The molecule has 2 atom stereocenters. The molecule has 3 N–H and O–H groups in total. The third kappa shape index (κ3) is 4.18. The van der Waals surface area contributed by atoms with Crippen LogP contribution < -0.4 is 20.5 Å². The molecule has 2 aliphatic rings. The number of ether oxygens (including phenoxy) is 4. The molecule has 0 radical (unpaired) electrons. The Labute approximate surface area is 162 Å². The predicted molar refractivity (Wildman–Crippen MR) is 102 cm³/mol. The van der Waals surface area contributed by atoms with Crippen LogP contribution in [0.25, 0.3) is 0 Å². The van der Waals surface area contributed by atoms with Crippen molar-refractivity contribution >= 4 is 11.6 Å². The molecule has 2 aromatic rings. The largest absolute Gasteiger partial charge is 0.490 e. The number of guanidine groups is 1. The van der Waals surface area contributed by atoms with E-state index < -0.39 is 0 Å². The standard InChI is InChI=1S/C18H24N6O4/c1-25-17-11-26-10-14(17)24-9-13(22-23-24)8-20-18(19)21-12-3-4-15-16(7-12)28-6-2-5-27-15/h3-4,7,9,14,17H,2,5-6,8,10-11H2,1H3,(H3,19,20,21)/t14-,17-/m1/s1. The fourth-order valence-electron chi connectivity index (χ4n) is 3.14. The van der Waals surface area contributed by atoms with Gasteiger partial charge in [-0.3, -0.25) is 0 Å². The molecule has 4 rings (SSSR count). The van der Waals surface area contributed by atoms with Crippen molar-refractivity contribution in [3.05, 3.63) is 30.1 Å². The third-order valence-corrected chi connectivity index (χ3v) is 4.63. The van der Waals surface area contributed by atoms with E-state index in [9.17, 15) is 0 Å². The molecule has 150 valence electrons. The number of benzene rings is 1. The van der Waals surface area contributed by atoms with Gasteiger partial charge in [-0.1, -0.05) is 5.21 Å². The van der Waals surface area contributed by atoms with E-state index >= 15 is 0 Å². The first-order chi connectivity index (χ1) is 13.7. The number of fused-ring (bicyclic) bond motifs is 1. The van der Waals surface area contributed by atoms with Gasteiger partial charge in [-0.2, -0.15) is 0 Å². The maximum atomic E-state index is 6.00. The summed E-state index contributed by atoms with van der Waals surface area (Å²) in [5.74, 6) is 1.72. The molecule has 10 nitrogen and oxygen atoms in total. The van der Waals surface area contributed by atoms with Gasteiger partial charge in [0.25, 0.3) is 0 Å². The molecule has 0 spiro atoms. The number of anilines is 1. The van der Waals surface area contributed by atoms with Crippen LogP contribution in [0, 0.1) is 0 Å². The Morgan fingerprint density at radius 3 is 3.04 bits per heavy atom. The van der Waals surface area contributed by atoms with Crippen LogP contribution in [0.1, 0.15) is 18.2 Å². The molecule has 3 heterocycles. The summed E-state index contributed by atoms with van der Waals surface area (Å²) in [6.45, 7) is 2.71. The number of nitrogens with one attached hydrogen (secondary N) is 1. The molecule has 2 aliphatic heterocycles. The Bertz CT molecular complexity index is 839. The quantitative estimate of drug-likeness (QED) is 0.574. The molecule has 10 heteroatoms. The van der Waals surface area contributed by atoms with Gasteiger partial charge in [-0.25, -0.2) is 9.67 Å². The van der Waals surface area contributed by atoms with Crippen molar-refractivity contribution in [2.24, 2.45) is 10.7 Å². The van der Waals surface area contributed by atoms with Crippen molar-refractivity contribution < 1.29 is 18.9 Å². The number of hydrogen-bond acceptors (Lipinski definition) is 7. The predicted octanol–water partition coefficient (Wildman–Crippen LogP) is 0.953. The fourth-order valence-corrected chi connectivity index (χ4v) is 3.14. The highest BCUT2D eigenvalue weighted by atomic mass is 16.5. The third-order valence-electron chi connectivity index (χ3n) is 4.63. The summed E-state index contributed by atoms with van der Waals surface area (Å²) in [7, 11) is 1.67.